The fraction of sp³-hybridized carbons (Fsp3) is 0.550. The van der Waals surface area contributed by atoms with Gasteiger partial charge < -0.3 is 15.2 Å². The third-order valence-electron chi connectivity index (χ3n) is 5.27. The molecule has 1 saturated carbocycles. The van der Waals surface area contributed by atoms with Gasteiger partial charge in [0, 0.05) is 13.1 Å². The van der Waals surface area contributed by atoms with E-state index in [1.165, 1.54) is 36.8 Å². The third kappa shape index (κ3) is 5.67. The molecule has 0 saturated heterocycles. The molecule has 0 radical (unpaired) electrons. The summed E-state index contributed by atoms with van der Waals surface area (Å²) in [6.07, 6.45) is 5.01. The van der Waals surface area contributed by atoms with E-state index in [-0.39, 0.29) is 30.0 Å². The molecule has 1 atom stereocenters. The van der Waals surface area contributed by atoms with Gasteiger partial charge >= 0.3 is 0 Å². The summed E-state index contributed by atoms with van der Waals surface area (Å²) in [6, 6.07) is 9.18. The Balaban J connectivity index is 0.00000261. The molecule has 2 N–H and O–H groups in total. The molecule has 1 aliphatic carbocycles. The van der Waals surface area contributed by atoms with Gasteiger partial charge in [-0.1, -0.05) is 37.1 Å². The van der Waals surface area contributed by atoms with Crippen LogP contribution in [0.25, 0.3) is 0 Å². The van der Waals surface area contributed by atoms with E-state index >= 15 is 0 Å². The number of benzene rings is 1. The van der Waals surface area contributed by atoms with Crippen LogP contribution in [-0.2, 0) is 13.6 Å². The second-order valence-corrected chi connectivity index (χ2v) is 7.24. The lowest BCUT2D eigenvalue weighted by molar-refractivity contribution is 0.592. The van der Waals surface area contributed by atoms with E-state index in [1.807, 2.05) is 18.5 Å². The first-order valence-corrected chi connectivity index (χ1v) is 9.52. The van der Waals surface area contributed by atoms with Crippen LogP contribution in [0.15, 0.2) is 29.3 Å². The molecule has 7 heteroatoms. The number of halogens is 1. The van der Waals surface area contributed by atoms with Crippen molar-refractivity contribution in [3.63, 3.8) is 0 Å². The van der Waals surface area contributed by atoms with E-state index in [9.17, 15) is 0 Å². The molecule has 1 unspecified atom stereocenters. The Bertz CT molecular complexity index is 764. The van der Waals surface area contributed by atoms with Crippen molar-refractivity contribution in [3.05, 3.63) is 47.0 Å². The topological polar surface area (TPSA) is 67.1 Å². The Hall–Kier alpha value is -1.64. The normalized spacial score (nSPS) is 16.1. The van der Waals surface area contributed by atoms with Crippen molar-refractivity contribution in [3.8, 4) is 0 Å². The first-order valence-electron chi connectivity index (χ1n) is 9.52. The van der Waals surface area contributed by atoms with Crippen molar-refractivity contribution in [2.45, 2.75) is 65.1 Å². The quantitative estimate of drug-likeness (QED) is 0.387. The summed E-state index contributed by atoms with van der Waals surface area (Å²) in [7, 11) is 1.98. The molecule has 1 fully saturated rings. The molecule has 1 heterocycles. The molecule has 2 aromatic rings. The van der Waals surface area contributed by atoms with Crippen LogP contribution in [0.3, 0.4) is 0 Å². The van der Waals surface area contributed by atoms with Crippen molar-refractivity contribution in [1.82, 2.24) is 25.4 Å². The van der Waals surface area contributed by atoms with Gasteiger partial charge in [0.2, 0.25) is 0 Å². The van der Waals surface area contributed by atoms with Crippen LogP contribution >= 0.6 is 24.0 Å². The molecule has 0 spiro atoms. The molecule has 1 aromatic carbocycles. The van der Waals surface area contributed by atoms with Gasteiger partial charge in [-0.25, -0.2) is 4.99 Å². The van der Waals surface area contributed by atoms with E-state index in [0.29, 0.717) is 12.6 Å². The smallest absolute Gasteiger partial charge is 0.192 e. The van der Waals surface area contributed by atoms with Crippen LogP contribution in [0.5, 0.6) is 0 Å². The molecular weight excluding hydrogens is 451 g/mol. The molecule has 0 aliphatic heterocycles. The number of aromatic nitrogens is 3. The van der Waals surface area contributed by atoms with Gasteiger partial charge in [0.1, 0.15) is 12.4 Å². The predicted molar refractivity (Wildman–Crippen MR) is 120 cm³/mol. The first-order chi connectivity index (χ1) is 12.5. The van der Waals surface area contributed by atoms with Crippen molar-refractivity contribution in [1.29, 1.82) is 0 Å². The fourth-order valence-electron chi connectivity index (χ4n) is 3.49. The summed E-state index contributed by atoms with van der Waals surface area (Å²) >= 11 is 0. The van der Waals surface area contributed by atoms with Gasteiger partial charge in [0.25, 0.3) is 0 Å². The maximum atomic E-state index is 4.80. The van der Waals surface area contributed by atoms with Gasteiger partial charge in [0.05, 0.1) is 6.04 Å². The summed E-state index contributed by atoms with van der Waals surface area (Å²) in [6.45, 7) is 6.80. The minimum absolute atomic E-state index is 0. The third-order valence-corrected chi connectivity index (χ3v) is 5.27. The Labute approximate surface area is 179 Å². The second kappa shape index (κ2) is 10.1. The number of aryl methyl sites for hydroxylation is 2. The van der Waals surface area contributed by atoms with E-state index in [1.54, 1.807) is 0 Å². The monoisotopic (exact) mass is 482 g/mol. The van der Waals surface area contributed by atoms with Crippen LogP contribution in [0.1, 0.15) is 61.4 Å². The summed E-state index contributed by atoms with van der Waals surface area (Å²) in [4.78, 5) is 4.80. The molecule has 3 rings (SSSR count). The number of hydrogen-bond donors (Lipinski definition) is 2. The molecule has 6 nitrogen and oxygen atoms in total. The van der Waals surface area contributed by atoms with E-state index in [2.05, 4.69) is 58.9 Å². The SMILES string of the molecule is Cc1ccccc1C(C)NC(=NCc1nnc(C)n1C)NC1CCCC1.I. The average Bonchev–Trinajstić information content (AvgIpc) is 3.24. The number of hydrogen-bond acceptors (Lipinski definition) is 3. The number of nitrogens with one attached hydrogen (secondary N) is 2. The minimum Gasteiger partial charge on any atom is -0.354 e. The summed E-state index contributed by atoms with van der Waals surface area (Å²) < 4.78 is 1.99. The van der Waals surface area contributed by atoms with Gasteiger partial charge in [-0.05, 0) is 44.7 Å². The van der Waals surface area contributed by atoms with Crippen molar-refractivity contribution in [2.24, 2.45) is 12.0 Å². The number of rotatable bonds is 5. The van der Waals surface area contributed by atoms with Crippen LogP contribution in [0, 0.1) is 13.8 Å². The van der Waals surface area contributed by atoms with Crippen LogP contribution in [-0.4, -0.2) is 26.8 Å². The average molecular weight is 482 g/mol. The second-order valence-electron chi connectivity index (χ2n) is 7.24. The predicted octanol–water partition coefficient (Wildman–Crippen LogP) is 3.79. The molecule has 1 aliphatic rings. The van der Waals surface area contributed by atoms with Gasteiger partial charge in [-0.15, -0.1) is 34.2 Å². The van der Waals surface area contributed by atoms with Gasteiger partial charge in [0.15, 0.2) is 11.8 Å². The Kier molecular flexibility index (Phi) is 8.07. The highest BCUT2D eigenvalue weighted by atomic mass is 127. The lowest BCUT2D eigenvalue weighted by atomic mass is 10.0. The lowest BCUT2D eigenvalue weighted by Crippen LogP contribution is -2.43. The highest BCUT2D eigenvalue weighted by molar-refractivity contribution is 14.0. The number of guanidine groups is 1. The minimum atomic E-state index is 0. The Morgan fingerprint density at radius 3 is 2.56 bits per heavy atom. The van der Waals surface area contributed by atoms with Gasteiger partial charge in [-0.3, -0.25) is 0 Å². The van der Waals surface area contributed by atoms with Crippen LogP contribution in [0.2, 0.25) is 0 Å². The molecule has 1 aromatic heterocycles. The summed E-state index contributed by atoms with van der Waals surface area (Å²) in [5, 5.41) is 15.5. The number of nitrogens with zero attached hydrogens (tertiary/aromatic N) is 4. The van der Waals surface area contributed by atoms with Crippen LogP contribution < -0.4 is 10.6 Å². The highest BCUT2D eigenvalue weighted by Gasteiger charge is 2.18. The molecule has 148 valence electrons. The summed E-state index contributed by atoms with van der Waals surface area (Å²) in [5.74, 6) is 2.63. The fourth-order valence-corrected chi connectivity index (χ4v) is 3.49. The molecular formula is C20H31IN6. The zero-order valence-electron chi connectivity index (χ0n) is 16.7. The molecule has 27 heavy (non-hydrogen) atoms. The Morgan fingerprint density at radius 1 is 1.22 bits per heavy atom. The molecule has 0 amide bonds. The van der Waals surface area contributed by atoms with Crippen molar-refractivity contribution in [2.75, 3.05) is 0 Å². The van der Waals surface area contributed by atoms with Gasteiger partial charge in [-0.2, -0.15) is 0 Å². The lowest BCUT2D eigenvalue weighted by Gasteiger charge is -2.22. The highest BCUT2D eigenvalue weighted by Crippen LogP contribution is 2.19. The van der Waals surface area contributed by atoms with Crippen LogP contribution in [0.4, 0.5) is 0 Å². The zero-order chi connectivity index (χ0) is 18.5. The van der Waals surface area contributed by atoms with E-state index in [4.69, 9.17) is 4.99 Å². The molecule has 0 bridgehead atoms. The Morgan fingerprint density at radius 2 is 1.93 bits per heavy atom. The first kappa shape index (κ1) is 21.7. The standard InChI is InChI=1S/C20H30N6.HI/c1-14-9-5-8-12-18(14)15(2)22-20(23-17-10-6-7-11-17)21-13-19-25-24-16(3)26(19)4;/h5,8-9,12,15,17H,6-7,10-11,13H2,1-4H3,(H2,21,22,23);1H. The number of aliphatic imine (C=N–C) groups is 1. The van der Waals surface area contributed by atoms with E-state index in [0.717, 1.165) is 17.6 Å². The largest absolute Gasteiger partial charge is 0.354 e. The zero-order valence-corrected chi connectivity index (χ0v) is 19.0. The van der Waals surface area contributed by atoms with E-state index < -0.39 is 0 Å². The maximum absolute atomic E-state index is 4.80. The maximum Gasteiger partial charge on any atom is 0.192 e. The van der Waals surface area contributed by atoms with Crippen molar-refractivity contribution < 1.29 is 0 Å². The van der Waals surface area contributed by atoms with Crippen molar-refractivity contribution >= 4 is 29.9 Å². The summed E-state index contributed by atoms with van der Waals surface area (Å²) in [5.41, 5.74) is 2.58.